The van der Waals surface area contributed by atoms with Crippen LogP contribution in [0.1, 0.15) is 35.6 Å². The predicted molar refractivity (Wildman–Crippen MR) is 96.4 cm³/mol. The van der Waals surface area contributed by atoms with E-state index in [1.807, 2.05) is 6.07 Å². The first kappa shape index (κ1) is 17.0. The molecule has 0 fully saturated rings. The van der Waals surface area contributed by atoms with Crippen molar-refractivity contribution in [3.05, 3.63) is 69.3 Å². The number of nitrogens with zero attached hydrogens (tertiary/aromatic N) is 1. The van der Waals surface area contributed by atoms with E-state index >= 15 is 0 Å². The Kier molecular flexibility index (Phi) is 5.32. The standard InChI is InChI=1S/C20H20N2O3/c1-2-12-21-20-5-3-4-16-13-18(10-11-19(16)20)25-14-15-6-8-17(9-7-15)22(23)24/h1,6-11,13,20-21H,3-5,12,14H2. The summed E-state index contributed by atoms with van der Waals surface area (Å²) < 4.78 is 5.85. The molecule has 1 atom stereocenters. The highest BCUT2D eigenvalue weighted by Gasteiger charge is 2.19. The summed E-state index contributed by atoms with van der Waals surface area (Å²) in [6.07, 6.45) is 8.60. The maximum Gasteiger partial charge on any atom is 0.269 e. The summed E-state index contributed by atoms with van der Waals surface area (Å²) in [5, 5.41) is 14.1. The second-order valence-corrected chi connectivity index (χ2v) is 6.10. The molecule has 2 aromatic carbocycles. The van der Waals surface area contributed by atoms with Gasteiger partial charge in [0.15, 0.2) is 0 Å². The Bertz CT molecular complexity index is 794. The molecule has 5 nitrogen and oxygen atoms in total. The van der Waals surface area contributed by atoms with Gasteiger partial charge in [-0.05, 0) is 60.2 Å². The fourth-order valence-corrected chi connectivity index (χ4v) is 3.16. The number of aryl methyl sites for hydroxylation is 1. The quantitative estimate of drug-likeness (QED) is 0.495. The molecule has 0 saturated carbocycles. The van der Waals surface area contributed by atoms with Gasteiger partial charge in [-0.1, -0.05) is 12.0 Å². The van der Waals surface area contributed by atoms with E-state index < -0.39 is 4.92 Å². The van der Waals surface area contributed by atoms with Crippen LogP contribution in [0.25, 0.3) is 0 Å². The molecule has 0 spiro atoms. The molecule has 1 aliphatic carbocycles. The van der Waals surface area contributed by atoms with Gasteiger partial charge in [-0.15, -0.1) is 6.42 Å². The monoisotopic (exact) mass is 336 g/mol. The lowest BCUT2D eigenvalue weighted by atomic mass is 9.87. The number of non-ortho nitro benzene ring substituents is 1. The maximum atomic E-state index is 10.7. The first-order chi connectivity index (χ1) is 12.2. The number of ether oxygens (including phenoxy) is 1. The third-order valence-corrected chi connectivity index (χ3v) is 4.43. The summed E-state index contributed by atoms with van der Waals surface area (Å²) in [5.41, 5.74) is 3.58. The smallest absolute Gasteiger partial charge is 0.269 e. The molecule has 0 aliphatic heterocycles. The molecule has 0 aromatic heterocycles. The number of hydrogen-bond acceptors (Lipinski definition) is 4. The van der Waals surface area contributed by atoms with E-state index in [1.54, 1.807) is 12.1 Å². The number of benzene rings is 2. The van der Waals surface area contributed by atoms with E-state index in [9.17, 15) is 10.1 Å². The maximum absolute atomic E-state index is 10.7. The van der Waals surface area contributed by atoms with Crippen molar-refractivity contribution in [2.45, 2.75) is 31.9 Å². The number of rotatable bonds is 6. The Labute approximate surface area is 147 Å². The average molecular weight is 336 g/mol. The molecule has 5 heteroatoms. The SMILES string of the molecule is C#CCNC1CCCc2cc(OCc3ccc([N+](=O)[O-])cc3)ccc21. The highest BCUT2D eigenvalue weighted by molar-refractivity contribution is 5.39. The molecule has 1 unspecified atom stereocenters. The lowest BCUT2D eigenvalue weighted by Gasteiger charge is -2.26. The Morgan fingerprint density at radius 2 is 2.08 bits per heavy atom. The van der Waals surface area contributed by atoms with E-state index in [0.717, 1.165) is 30.6 Å². The predicted octanol–water partition coefficient (Wildman–Crippen LogP) is 3.77. The second-order valence-electron chi connectivity index (χ2n) is 6.10. The molecule has 0 radical (unpaired) electrons. The molecule has 1 aliphatic rings. The lowest BCUT2D eigenvalue weighted by Crippen LogP contribution is -2.25. The zero-order chi connectivity index (χ0) is 17.6. The van der Waals surface area contributed by atoms with Gasteiger partial charge in [0.1, 0.15) is 12.4 Å². The van der Waals surface area contributed by atoms with Crippen molar-refractivity contribution in [3.8, 4) is 18.1 Å². The highest BCUT2D eigenvalue weighted by atomic mass is 16.6. The van der Waals surface area contributed by atoms with Gasteiger partial charge in [-0.25, -0.2) is 0 Å². The zero-order valence-corrected chi connectivity index (χ0v) is 13.9. The molecule has 1 N–H and O–H groups in total. The largest absolute Gasteiger partial charge is 0.489 e. The summed E-state index contributed by atoms with van der Waals surface area (Å²) in [6.45, 7) is 0.956. The van der Waals surface area contributed by atoms with Crippen molar-refractivity contribution in [1.82, 2.24) is 5.32 Å². The van der Waals surface area contributed by atoms with Gasteiger partial charge in [-0.2, -0.15) is 0 Å². The minimum atomic E-state index is -0.404. The Morgan fingerprint density at radius 3 is 2.80 bits per heavy atom. The van der Waals surface area contributed by atoms with Crippen LogP contribution in [-0.2, 0) is 13.0 Å². The van der Waals surface area contributed by atoms with E-state index in [0.29, 0.717) is 19.2 Å². The van der Waals surface area contributed by atoms with Crippen molar-refractivity contribution < 1.29 is 9.66 Å². The zero-order valence-electron chi connectivity index (χ0n) is 13.9. The number of fused-ring (bicyclic) bond motifs is 1. The number of terminal acetylenes is 1. The minimum Gasteiger partial charge on any atom is -0.489 e. The molecule has 128 valence electrons. The highest BCUT2D eigenvalue weighted by Crippen LogP contribution is 2.32. The van der Waals surface area contributed by atoms with Crippen molar-refractivity contribution in [2.24, 2.45) is 0 Å². The van der Waals surface area contributed by atoms with Crippen molar-refractivity contribution in [3.63, 3.8) is 0 Å². The van der Waals surface area contributed by atoms with Gasteiger partial charge in [-0.3, -0.25) is 15.4 Å². The van der Waals surface area contributed by atoms with Gasteiger partial charge >= 0.3 is 0 Å². The topological polar surface area (TPSA) is 64.4 Å². The molecule has 0 bridgehead atoms. The van der Waals surface area contributed by atoms with Gasteiger partial charge in [0.05, 0.1) is 11.5 Å². The summed E-state index contributed by atoms with van der Waals surface area (Å²) in [4.78, 5) is 10.3. The van der Waals surface area contributed by atoms with Gasteiger partial charge in [0.25, 0.3) is 5.69 Å². The van der Waals surface area contributed by atoms with Crippen LogP contribution in [0.2, 0.25) is 0 Å². The van der Waals surface area contributed by atoms with E-state index in [4.69, 9.17) is 11.2 Å². The van der Waals surface area contributed by atoms with Crippen LogP contribution in [-0.4, -0.2) is 11.5 Å². The van der Waals surface area contributed by atoms with Gasteiger partial charge in [0.2, 0.25) is 0 Å². The Balaban J connectivity index is 1.66. The second kappa shape index (κ2) is 7.82. The summed E-state index contributed by atoms with van der Waals surface area (Å²) in [7, 11) is 0. The number of nitro benzene ring substituents is 1. The van der Waals surface area contributed by atoms with Crippen molar-refractivity contribution in [1.29, 1.82) is 0 Å². The molecule has 2 aromatic rings. The van der Waals surface area contributed by atoms with Gasteiger partial charge in [0, 0.05) is 18.2 Å². The van der Waals surface area contributed by atoms with Crippen LogP contribution >= 0.6 is 0 Å². The number of hydrogen-bond donors (Lipinski definition) is 1. The third kappa shape index (κ3) is 4.17. The lowest BCUT2D eigenvalue weighted by molar-refractivity contribution is -0.384. The number of nitrogens with one attached hydrogen (secondary N) is 1. The summed E-state index contributed by atoms with van der Waals surface area (Å²) in [6, 6.07) is 12.9. The Hall–Kier alpha value is -2.84. The van der Waals surface area contributed by atoms with Crippen LogP contribution in [0, 0.1) is 22.5 Å². The van der Waals surface area contributed by atoms with E-state index in [2.05, 4.69) is 23.4 Å². The molecule has 0 saturated heterocycles. The van der Waals surface area contributed by atoms with Crippen LogP contribution in [0.15, 0.2) is 42.5 Å². The molecule has 3 rings (SSSR count). The molecule has 0 amide bonds. The molecule has 25 heavy (non-hydrogen) atoms. The van der Waals surface area contributed by atoms with Gasteiger partial charge < -0.3 is 4.74 Å². The van der Waals surface area contributed by atoms with Crippen LogP contribution < -0.4 is 10.1 Å². The molecule has 0 heterocycles. The van der Waals surface area contributed by atoms with Crippen molar-refractivity contribution >= 4 is 5.69 Å². The van der Waals surface area contributed by atoms with E-state index in [1.165, 1.54) is 23.3 Å². The average Bonchev–Trinajstić information content (AvgIpc) is 2.64. The third-order valence-electron chi connectivity index (χ3n) is 4.43. The first-order valence-corrected chi connectivity index (χ1v) is 8.33. The minimum absolute atomic E-state index is 0.0861. The summed E-state index contributed by atoms with van der Waals surface area (Å²) >= 11 is 0. The molecular formula is C20H20N2O3. The molecular weight excluding hydrogens is 316 g/mol. The Morgan fingerprint density at radius 1 is 1.28 bits per heavy atom. The number of nitro groups is 1. The fraction of sp³-hybridized carbons (Fsp3) is 0.300. The van der Waals surface area contributed by atoms with Crippen molar-refractivity contribution in [2.75, 3.05) is 6.54 Å². The first-order valence-electron chi connectivity index (χ1n) is 8.33. The summed E-state index contributed by atoms with van der Waals surface area (Å²) in [5.74, 6) is 3.44. The van der Waals surface area contributed by atoms with Crippen LogP contribution in [0.4, 0.5) is 5.69 Å². The normalized spacial score (nSPS) is 15.9. The van der Waals surface area contributed by atoms with Crippen LogP contribution in [0.3, 0.4) is 0 Å². The van der Waals surface area contributed by atoms with Crippen LogP contribution in [0.5, 0.6) is 5.75 Å². The fourth-order valence-electron chi connectivity index (χ4n) is 3.16. The van der Waals surface area contributed by atoms with E-state index in [-0.39, 0.29) is 5.69 Å².